The predicted molar refractivity (Wildman–Crippen MR) is 67.0 cm³/mol. The quantitative estimate of drug-likeness (QED) is 0.801. The second-order valence-corrected chi connectivity index (χ2v) is 4.23. The first-order valence-corrected chi connectivity index (χ1v) is 5.90. The lowest BCUT2D eigenvalue weighted by Crippen LogP contribution is -2.34. The van der Waals surface area contributed by atoms with Crippen LogP contribution in [0.2, 0.25) is 0 Å². The fourth-order valence-corrected chi connectivity index (χ4v) is 2.12. The third-order valence-electron chi connectivity index (χ3n) is 3.00. The molecule has 0 spiro atoms. The van der Waals surface area contributed by atoms with E-state index in [-0.39, 0.29) is 5.91 Å². The summed E-state index contributed by atoms with van der Waals surface area (Å²) in [5, 5.41) is 0. The molecule has 0 saturated carbocycles. The van der Waals surface area contributed by atoms with Crippen molar-refractivity contribution in [1.29, 1.82) is 0 Å². The number of rotatable bonds is 4. The number of fused-ring (bicyclic) bond motifs is 1. The lowest BCUT2D eigenvalue weighted by atomic mass is 10.1. The van der Waals surface area contributed by atoms with E-state index in [2.05, 4.69) is 0 Å². The molecule has 1 atom stereocenters. The van der Waals surface area contributed by atoms with E-state index in [4.69, 9.17) is 10.5 Å². The highest BCUT2D eigenvalue weighted by molar-refractivity contribution is 6.04. The van der Waals surface area contributed by atoms with E-state index in [9.17, 15) is 4.79 Å². The Labute approximate surface area is 101 Å². The van der Waals surface area contributed by atoms with Gasteiger partial charge >= 0.3 is 0 Å². The van der Waals surface area contributed by atoms with Gasteiger partial charge in [-0.25, -0.2) is 0 Å². The number of nitrogens with two attached hydrogens (primary N) is 1. The molecule has 0 fully saturated rings. The summed E-state index contributed by atoms with van der Waals surface area (Å²) in [7, 11) is 0. The van der Waals surface area contributed by atoms with E-state index >= 15 is 0 Å². The first-order valence-electron chi connectivity index (χ1n) is 5.90. The molecule has 0 radical (unpaired) electrons. The van der Waals surface area contributed by atoms with Crippen LogP contribution in [0, 0.1) is 6.92 Å². The molecule has 1 aliphatic rings. The summed E-state index contributed by atoms with van der Waals surface area (Å²) < 4.78 is 5.28. The van der Waals surface area contributed by atoms with E-state index in [1.54, 1.807) is 4.90 Å². The van der Waals surface area contributed by atoms with Crippen molar-refractivity contribution in [2.75, 3.05) is 24.7 Å². The summed E-state index contributed by atoms with van der Waals surface area (Å²) >= 11 is 0. The first-order chi connectivity index (χ1) is 8.15. The zero-order chi connectivity index (χ0) is 12.4. The molecule has 0 aliphatic carbocycles. The van der Waals surface area contributed by atoms with Crippen LogP contribution >= 0.6 is 0 Å². The molecule has 0 saturated heterocycles. The highest BCUT2D eigenvalue weighted by Gasteiger charge is 2.34. The molecule has 4 nitrogen and oxygen atoms in total. The van der Waals surface area contributed by atoms with Crippen molar-refractivity contribution in [1.82, 2.24) is 0 Å². The van der Waals surface area contributed by atoms with E-state index in [0.717, 1.165) is 16.8 Å². The van der Waals surface area contributed by atoms with E-state index in [0.29, 0.717) is 19.8 Å². The summed E-state index contributed by atoms with van der Waals surface area (Å²) in [5.41, 5.74) is 8.89. The van der Waals surface area contributed by atoms with Crippen molar-refractivity contribution in [3.8, 4) is 0 Å². The van der Waals surface area contributed by atoms with Crippen molar-refractivity contribution < 1.29 is 9.53 Å². The summed E-state index contributed by atoms with van der Waals surface area (Å²) in [4.78, 5) is 13.7. The third-order valence-corrected chi connectivity index (χ3v) is 3.00. The van der Waals surface area contributed by atoms with Crippen LogP contribution in [-0.4, -0.2) is 25.7 Å². The molecule has 0 bridgehead atoms. The molecule has 2 N–H and O–H groups in total. The van der Waals surface area contributed by atoms with Crippen molar-refractivity contribution in [2.45, 2.75) is 19.9 Å². The SMILES string of the molecule is CCOCCN1C(=O)C(N)c2cc(C)ccc21. The molecule has 1 aromatic rings. The Morgan fingerprint density at radius 3 is 2.94 bits per heavy atom. The molecular weight excluding hydrogens is 216 g/mol. The number of nitrogens with zero attached hydrogens (tertiary/aromatic N) is 1. The molecule has 0 aromatic heterocycles. The molecule has 1 unspecified atom stereocenters. The van der Waals surface area contributed by atoms with Gasteiger partial charge in [-0.3, -0.25) is 4.79 Å². The Morgan fingerprint density at radius 2 is 2.24 bits per heavy atom. The van der Waals surface area contributed by atoms with E-state index in [1.165, 1.54) is 0 Å². The van der Waals surface area contributed by atoms with Gasteiger partial charge in [0, 0.05) is 24.4 Å². The van der Waals surface area contributed by atoms with E-state index in [1.807, 2.05) is 32.0 Å². The summed E-state index contributed by atoms with van der Waals surface area (Å²) in [5.74, 6) is -0.0368. The van der Waals surface area contributed by atoms with E-state index < -0.39 is 6.04 Å². The topological polar surface area (TPSA) is 55.6 Å². The van der Waals surface area contributed by atoms with Crippen molar-refractivity contribution >= 4 is 11.6 Å². The number of anilines is 1. The normalized spacial score (nSPS) is 18.6. The number of hydrogen-bond acceptors (Lipinski definition) is 3. The van der Waals surface area contributed by atoms with Crippen molar-refractivity contribution in [2.24, 2.45) is 5.73 Å². The number of aryl methyl sites for hydroxylation is 1. The minimum absolute atomic E-state index is 0.0368. The van der Waals surface area contributed by atoms with Crippen LogP contribution in [0.5, 0.6) is 0 Å². The number of amides is 1. The molecule has 92 valence electrons. The standard InChI is InChI=1S/C13H18N2O2/c1-3-17-7-6-15-11-5-4-9(2)8-10(11)12(14)13(15)16/h4-5,8,12H,3,6-7,14H2,1-2H3. The maximum absolute atomic E-state index is 12.0. The van der Waals surface area contributed by atoms with Gasteiger partial charge in [-0.2, -0.15) is 0 Å². The Balaban J connectivity index is 2.22. The van der Waals surface area contributed by atoms with Gasteiger partial charge in [0.05, 0.1) is 6.61 Å². The van der Waals surface area contributed by atoms with Gasteiger partial charge in [0.2, 0.25) is 5.91 Å². The Morgan fingerprint density at radius 1 is 1.47 bits per heavy atom. The minimum atomic E-state index is -0.522. The second-order valence-electron chi connectivity index (χ2n) is 4.23. The molecule has 4 heteroatoms. The first kappa shape index (κ1) is 12.1. The number of benzene rings is 1. The number of ether oxygens (including phenoxy) is 1. The zero-order valence-electron chi connectivity index (χ0n) is 10.3. The predicted octanol–water partition coefficient (Wildman–Crippen LogP) is 1.38. The smallest absolute Gasteiger partial charge is 0.248 e. The summed E-state index contributed by atoms with van der Waals surface area (Å²) in [6, 6.07) is 5.42. The number of carbonyl (C=O) groups excluding carboxylic acids is 1. The van der Waals surface area contributed by atoms with Crippen LogP contribution in [0.25, 0.3) is 0 Å². The van der Waals surface area contributed by atoms with Gasteiger partial charge < -0.3 is 15.4 Å². The maximum Gasteiger partial charge on any atom is 0.248 e. The Hall–Kier alpha value is -1.39. The minimum Gasteiger partial charge on any atom is -0.380 e. The van der Waals surface area contributed by atoms with Crippen molar-refractivity contribution in [3.63, 3.8) is 0 Å². The molecule has 1 aliphatic heterocycles. The number of carbonyl (C=O) groups is 1. The maximum atomic E-state index is 12.0. The lowest BCUT2D eigenvalue weighted by Gasteiger charge is -2.17. The largest absolute Gasteiger partial charge is 0.380 e. The van der Waals surface area contributed by atoms with Gasteiger partial charge in [0.25, 0.3) is 0 Å². The lowest BCUT2D eigenvalue weighted by molar-refractivity contribution is -0.119. The highest BCUT2D eigenvalue weighted by atomic mass is 16.5. The Kier molecular flexibility index (Phi) is 3.45. The number of hydrogen-bond donors (Lipinski definition) is 1. The molecule has 1 amide bonds. The molecular formula is C13H18N2O2. The van der Waals surface area contributed by atoms with Crippen LogP contribution in [0.3, 0.4) is 0 Å². The fraction of sp³-hybridized carbons (Fsp3) is 0.462. The average Bonchev–Trinajstić information content (AvgIpc) is 2.54. The van der Waals surface area contributed by atoms with Gasteiger partial charge in [-0.05, 0) is 19.9 Å². The zero-order valence-corrected chi connectivity index (χ0v) is 10.3. The van der Waals surface area contributed by atoms with Crippen LogP contribution in [0.1, 0.15) is 24.1 Å². The second kappa shape index (κ2) is 4.85. The third kappa shape index (κ3) is 2.18. The Bertz CT molecular complexity index is 431. The monoisotopic (exact) mass is 234 g/mol. The molecule has 1 aromatic carbocycles. The van der Waals surface area contributed by atoms with Gasteiger partial charge in [0.15, 0.2) is 0 Å². The van der Waals surface area contributed by atoms with Crippen molar-refractivity contribution in [3.05, 3.63) is 29.3 Å². The van der Waals surface area contributed by atoms with Gasteiger partial charge in [0.1, 0.15) is 6.04 Å². The van der Waals surface area contributed by atoms with Crippen LogP contribution in [0.4, 0.5) is 5.69 Å². The van der Waals surface area contributed by atoms with Crippen LogP contribution < -0.4 is 10.6 Å². The highest BCUT2D eigenvalue weighted by Crippen LogP contribution is 2.34. The average molecular weight is 234 g/mol. The molecule has 1 heterocycles. The summed E-state index contributed by atoms with van der Waals surface area (Å²) in [6.45, 7) is 5.71. The molecule has 2 rings (SSSR count). The van der Waals surface area contributed by atoms with Crippen LogP contribution in [0.15, 0.2) is 18.2 Å². The fourth-order valence-electron chi connectivity index (χ4n) is 2.12. The van der Waals surface area contributed by atoms with Crippen LogP contribution in [-0.2, 0) is 9.53 Å². The summed E-state index contributed by atoms with van der Waals surface area (Å²) in [6.07, 6.45) is 0. The van der Waals surface area contributed by atoms with Gasteiger partial charge in [-0.1, -0.05) is 17.7 Å². The molecule has 17 heavy (non-hydrogen) atoms. The van der Waals surface area contributed by atoms with Gasteiger partial charge in [-0.15, -0.1) is 0 Å².